The molecule has 32 heavy (non-hydrogen) atoms. The standard InChI is InChI=1S/C24H19F3N2O3/c25-24(26,27)22-13-29(12-16-4-2-1-3-5-16)23(28-22)21-11-10-20(32-21)17-6-8-18(9-7-17)30-14-19-15-31-19/h1-11,13,19H,12,14-15H2. The van der Waals surface area contributed by atoms with Crippen molar-refractivity contribution in [3.63, 3.8) is 0 Å². The third kappa shape index (κ3) is 4.55. The molecule has 3 heterocycles. The molecule has 2 aromatic carbocycles. The van der Waals surface area contributed by atoms with E-state index in [1.807, 2.05) is 54.6 Å². The van der Waals surface area contributed by atoms with Crippen molar-refractivity contribution in [1.82, 2.24) is 9.55 Å². The van der Waals surface area contributed by atoms with Crippen molar-refractivity contribution >= 4 is 0 Å². The fourth-order valence-electron chi connectivity index (χ4n) is 3.33. The molecule has 0 saturated carbocycles. The zero-order valence-corrected chi connectivity index (χ0v) is 16.9. The van der Waals surface area contributed by atoms with Gasteiger partial charge < -0.3 is 18.5 Å². The summed E-state index contributed by atoms with van der Waals surface area (Å²) in [6, 6.07) is 19.9. The molecule has 0 bridgehead atoms. The minimum Gasteiger partial charge on any atom is -0.491 e. The van der Waals surface area contributed by atoms with Gasteiger partial charge in [-0.3, -0.25) is 0 Å². The van der Waals surface area contributed by atoms with E-state index >= 15 is 0 Å². The van der Waals surface area contributed by atoms with Crippen LogP contribution in [0.25, 0.3) is 22.9 Å². The Morgan fingerprint density at radius 2 is 1.69 bits per heavy atom. The number of epoxide rings is 1. The number of imidazole rings is 1. The third-order valence-corrected chi connectivity index (χ3v) is 5.07. The summed E-state index contributed by atoms with van der Waals surface area (Å²) >= 11 is 0. The molecule has 4 aromatic rings. The highest BCUT2D eigenvalue weighted by Crippen LogP contribution is 2.34. The summed E-state index contributed by atoms with van der Waals surface area (Å²) < 4.78 is 58.1. The van der Waals surface area contributed by atoms with Gasteiger partial charge in [0.2, 0.25) is 0 Å². The summed E-state index contributed by atoms with van der Waals surface area (Å²) in [5.41, 5.74) is 0.685. The zero-order valence-electron chi connectivity index (χ0n) is 16.9. The number of nitrogens with zero attached hydrogens (tertiary/aromatic N) is 2. The first kappa shape index (κ1) is 20.4. The van der Waals surface area contributed by atoms with Crippen molar-refractivity contribution in [3.05, 3.63) is 84.2 Å². The van der Waals surface area contributed by atoms with E-state index in [2.05, 4.69) is 4.98 Å². The molecule has 1 aliphatic heterocycles. The van der Waals surface area contributed by atoms with Crippen molar-refractivity contribution in [1.29, 1.82) is 0 Å². The van der Waals surface area contributed by atoms with Gasteiger partial charge in [0.1, 0.15) is 24.2 Å². The van der Waals surface area contributed by atoms with E-state index in [4.69, 9.17) is 13.9 Å². The van der Waals surface area contributed by atoms with Crippen molar-refractivity contribution < 1.29 is 27.1 Å². The first-order chi connectivity index (χ1) is 15.5. The summed E-state index contributed by atoms with van der Waals surface area (Å²) in [5, 5.41) is 0. The number of aromatic nitrogens is 2. The summed E-state index contributed by atoms with van der Waals surface area (Å²) in [6.45, 7) is 1.48. The van der Waals surface area contributed by atoms with Gasteiger partial charge in [-0.05, 0) is 42.0 Å². The molecule has 0 radical (unpaired) electrons. The largest absolute Gasteiger partial charge is 0.491 e. The second-order valence-electron chi connectivity index (χ2n) is 7.52. The van der Waals surface area contributed by atoms with Crippen LogP contribution in [0.1, 0.15) is 11.3 Å². The van der Waals surface area contributed by atoms with Gasteiger partial charge in [0.15, 0.2) is 17.3 Å². The maximum absolute atomic E-state index is 13.3. The number of furan rings is 1. The highest BCUT2D eigenvalue weighted by molar-refractivity contribution is 5.62. The quantitative estimate of drug-likeness (QED) is 0.348. The average molecular weight is 440 g/mol. The Kier molecular flexibility index (Phi) is 5.22. The maximum atomic E-state index is 13.3. The Labute approximate surface area is 182 Å². The Morgan fingerprint density at radius 1 is 0.969 bits per heavy atom. The van der Waals surface area contributed by atoms with Crippen LogP contribution in [0, 0.1) is 0 Å². The number of benzene rings is 2. The molecule has 5 rings (SSSR count). The van der Waals surface area contributed by atoms with E-state index in [1.165, 1.54) is 4.57 Å². The van der Waals surface area contributed by atoms with Gasteiger partial charge in [0.05, 0.1) is 6.61 Å². The van der Waals surface area contributed by atoms with Gasteiger partial charge in [-0.2, -0.15) is 13.2 Å². The molecule has 0 aliphatic carbocycles. The summed E-state index contributed by atoms with van der Waals surface area (Å²) in [5.74, 6) is 1.62. The van der Waals surface area contributed by atoms with E-state index in [1.54, 1.807) is 12.1 Å². The molecule has 0 amide bonds. The van der Waals surface area contributed by atoms with Gasteiger partial charge in [0, 0.05) is 18.3 Å². The summed E-state index contributed by atoms with van der Waals surface area (Å²) in [4.78, 5) is 3.83. The molecular formula is C24H19F3N2O3. The maximum Gasteiger partial charge on any atom is 0.434 e. The van der Waals surface area contributed by atoms with Gasteiger partial charge in [-0.15, -0.1) is 0 Å². The molecular weight excluding hydrogens is 421 g/mol. The lowest BCUT2D eigenvalue weighted by Gasteiger charge is -2.06. The lowest BCUT2D eigenvalue weighted by molar-refractivity contribution is -0.140. The van der Waals surface area contributed by atoms with E-state index in [-0.39, 0.29) is 24.2 Å². The first-order valence-corrected chi connectivity index (χ1v) is 10.1. The van der Waals surface area contributed by atoms with Crippen LogP contribution in [0.5, 0.6) is 5.75 Å². The second kappa shape index (κ2) is 8.20. The number of halogens is 3. The van der Waals surface area contributed by atoms with Crippen LogP contribution in [0.15, 0.2) is 77.3 Å². The number of hydrogen-bond donors (Lipinski definition) is 0. The van der Waals surface area contributed by atoms with Crippen LogP contribution in [-0.4, -0.2) is 28.9 Å². The Morgan fingerprint density at radius 3 is 2.38 bits per heavy atom. The molecule has 1 saturated heterocycles. The second-order valence-corrected chi connectivity index (χ2v) is 7.52. The molecule has 0 spiro atoms. The van der Waals surface area contributed by atoms with Crippen LogP contribution in [0.3, 0.4) is 0 Å². The topological polar surface area (TPSA) is 52.7 Å². The SMILES string of the molecule is FC(F)(F)c1cn(Cc2ccccc2)c(-c2ccc(-c3ccc(OCC4CO4)cc3)o2)n1. The molecule has 1 aliphatic rings. The smallest absolute Gasteiger partial charge is 0.434 e. The van der Waals surface area contributed by atoms with E-state index in [0.29, 0.717) is 18.1 Å². The summed E-state index contributed by atoms with van der Waals surface area (Å²) in [7, 11) is 0. The van der Waals surface area contributed by atoms with Crippen LogP contribution < -0.4 is 4.74 Å². The fourth-order valence-corrected chi connectivity index (χ4v) is 3.33. The Hall–Kier alpha value is -3.52. The molecule has 1 atom stereocenters. The van der Waals surface area contributed by atoms with Crippen molar-refractivity contribution in [2.24, 2.45) is 0 Å². The van der Waals surface area contributed by atoms with Crippen LogP contribution in [-0.2, 0) is 17.5 Å². The first-order valence-electron chi connectivity index (χ1n) is 10.1. The van der Waals surface area contributed by atoms with Crippen molar-refractivity contribution in [2.75, 3.05) is 13.2 Å². The fraction of sp³-hybridized carbons (Fsp3) is 0.208. The van der Waals surface area contributed by atoms with Gasteiger partial charge in [0.25, 0.3) is 0 Å². The van der Waals surface area contributed by atoms with E-state index in [0.717, 1.165) is 23.9 Å². The third-order valence-electron chi connectivity index (χ3n) is 5.07. The lowest BCUT2D eigenvalue weighted by atomic mass is 10.2. The normalized spacial score (nSPS) is 15.7. The number of ether oxygens (including phenoxy) is 2. The predicted octanol–water partition coefficient (Wildman–Crippen LogP) is 5.65. The Bertz CT molecular complexity index is 1190. The number of hydrogen-bond acceptors (Lipinski definition) is 4. The molecule has 8 heteroatoms. The lowest BCUT2D eigenvalue weighted by Crippen LogP contribution is -2.05. The monoisotopic (exact) mass is 440 g/mol. The number of rotatable bonds is 7. The van der Waals surface area contributed by atoms with Crippen molar-refractivity contribution in [3.8, 4) is 28.7 Å². The molecule has 1 fully saturated rings. The molecule has 164 valence electrons. The highest BCUT2D eigenvalue weighted by Gasteiger charge is 2.35. The average Bonchev–Trinajstić information content (AvgIpc) is 3.31. The van der Waals surface area contributed by atoms with Gasteiger partial charge >= 0.3 is 6.18 Å². The minimum absolute atomic E-state index is 0.122. The number of alkyl halides is 3. The predicted molar refractivity (Wildman–Crippen MR) is 111 cm³/mol. The van der Waals surface area contributed by atoms with Crippen LogP contribution in [0.4, 0.5) is 13.2 Å². The molecule has 5 nitrogen and oxygen atoms in total. The van der Waals surface area contributed by atoms with E-state index in [9.17, 15) is 13.2 Å². The molecule has 1 unspecified atom stereocenters. The summed E-state index contributed by atoms with van der Waals surface area (Å²) in [6.07, 6.45) is -3.36. The van der Waals surface area contributed by atoms with Crippen LogP contribution >= 0.6 is 0 Å². The highest BCUT2D eigenvalue weighted by atomic mass is 19.4. The zero-order chi connectivity index (χ0) is 22.1. The van der Waals surface area contributed by atoms with Gasteiger partial charge in [-0.1, -0.05) is 30.3 Å². The minimum atomic E-state index is -4.55. The Balaban J connectivity index is 1.41. The van der Waals surface area contributed by atoms with Crippen molar-refractivity contribution in [2.45, 2.75) is 18.8 Å². The molecule has 0 N–H and O–H groups in total. The van der Waals surface area contributed by atoms with E-state index < -0.39 is 11.9 Å². The molecule has 2 aromatic heterocycles. The van der Waals surface area contributed by atoms with Crippen LogP contribution in [0.2, 0.25) is 0 Å². The van der Waals surface area contributed by atoms with Gasteiger partial charge in [-0.25, -0.2) is 4.98 Å².